The summed E-state index contributed by atoms with van der Waals surface area (Å²) in [6.07, 6.45) is 0.702. The van der Waals surface area contributed by atoms with E-state index in [0.717, 1.165) is 5.56 Å². The van der Waals surface area contributed by atoms with Crippen LogP contribution in [0.4, 0.5) is 0 Å². The molecule has 0 aliphatic heterocycles. The first-order valence-corrected chi connectivity index (χ1v) is 5.89. The number of hydrogen-bond donors (Lipinski definition) is 3. The Morgan fingerprint density at radius 3 is 2.67 bits per heavy atom. The maximum Gasteiger partial charge on any atom is 0.303 e. The first kappa shape index (κ1) is 14.5. The Labute approximate surface area is 110 Å². The van der Waals surface area contributed by atoms with Crippen molar-refractivity contribution in [1.29, 1.82) is 0 Å². The molecular weight excluding hydrogens is 256 g/mol. The first-order chi connectivity index (χ1) is 8.50. The lowest BCUT2D eigenvalue weighted by atomic mass is 10.1. The zero-order valence-electron chi connectivity index (χ0n) is 9.78. The molecule has 1 amide bonds. The van der Waals surface area contributed by atoms with Gasteiger partial charge in [0.15, 0.2) is 0 Å². The van der Waals surface area contributed by atoms with Gasteiger partial charge in [-0.15, -0.1) is 0 Å². The summed E-state index contributed by atoms with van der Waals surface area (Å²) < 4.78 is 0. The van der Waals surface area contributed by atoms with Crippen LogP contribution in [0.25, 0.3) is 0 Å². The number of rotatable bonds is 7. The van der Waals surface area contributed by atoms with Gasteiger partial charge in [-0.2, -0.15) is 0 Å². The molecule has 0 saturated carbocycles. The number of halogens is 1. The number of nitrogens with two attached hydrogens (primary N) is 1. The van der Waals surface area contributed by atoms with Gasteiger partial charge in [-0.05, 0) is 30.7 Å². The number of hydrogen-bond acceptors (Lipinski definition) is 3. The van der Waals surface area contributed by atoms with E-state index in [4.69, 9.17) is 22.4 Å². The molecule has 1 aromatic carbocycles. The van der Waals surface area contributed by atoms with Crippen LogP contribution in [0.5, 0.6) is 0 Å². The van der Waals surface area contributed by atoms with Crippen molar-refractivity contribution in [3.63, 3.8) is 0 Å². The third kappa shape index (κ3) is 4.73. The number of amides is 1. The Hall–Kier alpha value is -1.59. The minimum atomic E-state index is -0.805. The molecular formula is C12H15ClN2O3. The highest BCUT2D eigenvalue weighted by Crippen LogP contribution is 2.17. The highest BCUT2D eigenvalue weighted by atomic mass is 35.5. The molecule has 4 N–H and O–H groups in total. The zero-order valence-corrected chi connectivity index (χ0v) is 10.5. The van der Waals surface area contributed by atoms with Gasteiger partial charge in [0.25, 0.3) is 0 Å². The molecule has 0 heterocycles. The van der Waals surface area contributed by atoms with E-state index in [0.29, 0.717) is 30.1 Å². The largest absolute Gasteiger partial charge is 0.481 e. The van der Waals surface area contributed by atoms with Crippen molar-refractivity contribution in [3.8, 4) is 0 Å². The van der Waals surface area contributed by atoms with Crippen molar-refractivity contribution in [2.24, 2.45) is 5.73 Å². The van der Waals surface area contributed by atoms with E-state index >= 15 is 0 Å². The second-order valence-corrected chi connectivity index (χ2v) is 4.25. The molecule has 0 fully saturated rings. The van der Waals surface area contributed by atoms with Crippen LogP contribution in [0.15, 0.2) is 18.2 Å². The average molecular weight is 271 g/mol. The highest BCUT2D eigenvalue weighted by Gasteiger charge is 2.05. The predicted molar refractivity (Wildman–Crippen MR) is 68.5 cm³/mol. The number of carboxylic acids is 1. The van der Waals surface area contributed by atoms with Crippen molar-refractivity contribution in [2.45, 2.75) is 19.4 Å². The fraction of sp³-hybridized carbons (Fsp3) is 0.333. The molecule has 0 spiro atoms. The minimum Gasteiger partial charge on any atom is -0.481 e. The van der Waals surface area contributed by atoms with Crippen LogP contribution < -0.4 is 11.1 Å². The van der Waals surface area contributed by atoms with E-state index in [1.807, 2.05) is 0 Å². The van der Waals surface area contributed by atoms with Crippen molar-refractivity contribution < 1.29 is 14.7 Å². The normalized spacial score (nSPS) is 10.3. The Morgan fingerprint density at radius 1 is 1.39 bits per heavy atom. The molecule has 0 radical (unpaired) electrons. The predicted octanol–water partition coefficient (Wildman–Crippen LogP) is 1.39. The second-order valence-electron chi connectivity index (χ2n) is 3.84. The number of primary amides is 1. The van der Waals surface area contributed by atoms with E-state index in [-0.39, 0.29) is 6.42 Å². The maximum atomic E-state index is 10.9. The van der Waals surface area contributed by atoms with E-state index in [1.54, 1.807) is 12.1 Å². The number of benzene rings is 1. The summed E-state index contributed by atoms with van der Waals surface area (Å²) in [6.45, 7) is 1.12. The SMILES string of the molecule is NC(=O)c1ccc(CNCCCC(=O)O)c(Cl)c1. The van der Waals surface area contributed by atoms with Crippen LogP contribution in [0.1, 0.15) is 28.8 Å². The minimum absolute atomic E-state index is 0.140. The molecule has 1 aromatic rings. The van der Waals surface area contributed by atoms with Gasteiger partial charge in [0.1, 0.15) is 0 Å². The lowest BCUT2D eigenvalue weighted by molar-refractivity contribution is -0.137. The summed E-state index contributed by atoms with van der Waals surface area (Å²) in [5.41, 5.74) is 6.35. The fourth-order valence-corrected chi connectivity index (χ4v) is 1.68. The van der Waals surface area contributed by atoms with E-state index in [2.05, 4.69) is 5.32 Å². The van der Waals surface area contributed by atoms with Crippen LogP contribution in [-0.2, 0) is 11.3 Å². The molecule has 0 aromatic heterocycles. The fourth-order valence-electron chi connectivity index (χ4n) is 1.43. The number of carbonyl (C=O) groups is 2. The molecule has 0 saturated heterocycles. The molecule has 6 heteroatoms. The molecule has 0 aliphatic rings. The molecule has 18 heavy (non-hydrogen) atoms. The average Bonchev–Trinajstić information content (AvgIpc) is 2.29. The number of aliphatic carboxylic acids is 1. The Balaban J connectivity index is 2.43. The van der Waals surface area contributed by atoms with E-state index in [9.17, 15) is 9.59 Å². The quantitative estimate of drug-likeness (QED) is 0.653. The van der Waals surface area contributed by atoms with Crippen molar-refractivity contribution in [3.05, 3.63) is 34.3 Å². The summed E-state index contributed by atoms with van der Waals surface area (Å²) in [5.74, 6) is -1.32. The monoisotopic (exact) mass is 270 g/mol. The number of nitrogens with one attached hydrogen (secondary N) is 1. The van der Waals surface area contributed by atoms with Gasteiger partial charge < -0.3 is 16.2 Å². The summed E-state index contributed by atoms with van der Waals surface area (Å²) in [7, 11) is 0. The Bertz CT molecular complexity index is 449. The highest BCUT2D eigenvalue weighted by molar-refractivity contribution is 6.31. The van der Waals surface area contributed by atoms with Crippen LogP contribution in [0.3, 0.4) is 0 Å². The standard InChI is InChI=1S/C12H15ClN2O3/c13-10-6-8(12(14)18)3-4-9(10)7-15-5-1-2-11(16)17/h3-4,6,15H,1-2,5,7H2,(H2,14,18)(H,16,17). The smallest absolute Gasteiger partial charge is 0.303 e. The summed E-state index contributed by atoms with van der Waals surface area (Å²) in [5, 5.41) is 12.0. The van der Waals surface area contributed by atoms with Crippen LogP contribution in [0, 0.1) is 0 Å². The van der Waals surface area contributed by atoms with Gasteiger partial charge in [-0.3, -0.25) is 9.59 Å². The molecule has 5 nitrogen and oxygen atoms in total. The van der Waals surface area contributed by atoms with E-state index in [1.165, 1.54) is 6.07 Å². The van der Waals surface area contributed by atoms with Crippen LogP contribution in [0.2, 0.25) is 5.02 Å². The summed E-state index contributed by atoms with van der Waals surface area (Å²) in [6, 6.07) is 4.87. The Morgan fingerprint density at radius 2 is 2.11 bits per heavy atom. The van der Waals surface area contributed by atoms with Gasteiger partial charge in [0.2, 0.25) is 5.91 Å². The maximum absolute atomic E-state index is 10.9. The van der Waals surface area contributed by atoms with E-state index < -0.39 is 11.9 Å². The summed E-state index contributed by atoms with van der Waals surface area (Å²) >= 11 is 5.99. The van der Waals surface area contributed by atoms with Crippen molar-refractivity contribution in [1.82, 2.24) is 5.32 Å². The first-order valence-electron chi connectivity index (χ1n) is 5.51. The molecule has 0 atom stereocenters. The topological polar surface area (TPSA) is 92.4 Å². The van der Waals surface area contributed by atoms with Crippen molar-refractivity contribution in [2.75, 3.05) is 6.54 Å². The van der Waals surface area contributed by atoms with Gasteiger partial charge in [0.05, 0.1) is 0 Å². The van der Waals surface area contributed by atoms with Gasteiger partial charge >= 0.3 is 5.97 Å². The third-order valence-corrected chi connectivity index (χ3v) is 2.75. The third-order valence-electron chi connectivity index (χ3n) is 2.40. The Kier molecular flexibility index (Phi) is 5.61. The molecule has 1 rings (SSSR count). The van der Waals surface area contributed by atoms with Gasteiger partial charge in [0, 0.05) is 23.6 Å². The molecule has 0 unspecified atom stereocenters. The molecule has 0 bridgehead atoms. The lowest BCUT2D eigenvalue weighted by Gasteiger charge is -2.07. The summed E-state index contributed by atoms with van der Waals surface area (Å²) in [4.78, 5) is 21.2. The zero-order chi connectivity index (χ0) is 13.5. The number of carboxylic acid groups (broad SMARTS) is 1. The second kappa shape index (κ2) is 6.98. The van der Waals surface area contributed by atoms with Crippen molar-refractivity contribution >= 4 is 23.5 Å². The van der Waals surface area contributed by atoms with Crippen LogP contribution >= 0.6 is 11.6 Å². The van der Waals surface area contributed by atoms with Gasteiger partial charge in [-0.25, -0.2) is 0 Å². The molecule has 0 aliphatic carbocycles. The number of carbonyl (C=O) groups excluding carboxylic acids is 1. The molecule has 98 valence electrons. The lowest BCUT2D eigenvalue weighted by Crippen LogP contribution is -2.16. The van der Waals surface area contributed by atoms with Gasteiger partial charge in [-0.1, -0.05) is 17.7 Å². The van der Waals surface area contributed by atoms with Crippen LogP contribution in [-0.4, -0.2) is 23.5 Å².